The van der Waals surface area contributed by atoms with Gasteiger partial charge in [-0.3, -0.25) is 0 Å². The number of carboxylic acid groups (broad SMARTS) is 1. The number of carboxylic acids is 1. The van der Waals surface area contributed by atoms with Gasteiger partial charge in [-0.25, -0.2) is 9.13 Å². The van der Waals surface area contributed by atoms with Gasteiger partial charge in [0.25, 0.3) is 5.82 Å². The predicted octanol–water partition coefficient (Wildman–Crippen LogP) is 0.656. The molecule has 0 aliphatic rings. The molecule has 0 aromatic carbocycles. The summed E-state index contributed by atoms with van der Waals surface area (Å²) in [6, 6.07) is 0. The molecule has 1 aromatic heterocycles. The Balaban J connectivity index is 2.73. The van der Waals surface area contributed by atoms with Crippen LogP contribution in [0.5, 0.6) is 0 Å². The first-order valence-corrected chi connectivity index (χ1v) is 6.03. The quantitative estimate of drug-likeness (QED) is 0.396. The van der Waals surface area contributed by atoms with Crippen molar-refractivity contribution in [3.63, 3.8) is 0 Å². The highest BCUT2D eigenvalue weighted by atomic mass is 16.4. The van der Waals surface area contributed by atoms with Crippen LogP contribution in [0.3, 0.4) is 0 Å². The number of carbonyl (C=O) groups is 1. The van der Waals surface area contributed by atoms with Crippen LogP contribution in [0.25, 0.3) is 5.57 Å². The van der Waals surface area contributed by atoms with Crippen LogP contribution in [-0.4, -0.2) is 10.5 Å². The zero-order valence-electron chi connectivity index (χ0n) is 10.6. The lowest BCUT2D eigenvalue weighted by molar-refractivity contribution is -0.699. The second-order valence-electron chi connectivity index (χ2n) is 4.25. The summed E-state index contributed by atoms with van der Waals surface area (Å²) in [5.74, 6) is -0.601. The monoisotopic (exact) mass is 236 g/mol. The average Bonchev–Trinajstić information content (AvgIpc) is 2.65. The van der Waals surface area contributed by atoms with E-state index in [1.165, 1.54) is 12.8 Å². The van der Waals surface area contributed by atoms with Crippen molar-refractivity contribution in [3.05, 3.63) is 24.8 Å². The van der Waals surface area contributed by atoms with Gasteiger partial charge in [0, 0.05) is 0 Å². The molecule has 0 aliphatic carbocycles. The highest BCUT2D eigenvalue weighted by Gasteiger charge is 2.18. The standard InChI is InChI=1S/C13H20N2O2/c1-4-5-6-7-8-15-10-9-14(3)12(15)11(2)13(16)17/h9-10H,2,4-8H2,1,3H3. The van der Waals surface area contributed by atoms with E-state index in [9.17, 15) is 9.90 Å². The van der Waals surface area contributed by atoms with Crippen molar-refractivity contribution in [2.45, 2.75) is 39.2 Å². The number of nitrogens with zero attached hydrogens (tertiary/aromatic N) is 2. The van der Waals surface area contributed by atoms with Crippen LogP contribution in [0, 0.1) is 0 Å². The minimum Gasteiger partial charge on any atom is -0.545 e. The van der Waals surface area contributed by atoms with Crippen LogP contribution in [0.2, 0.25) is 0 Å². The van der Waals surface area contributed by atoms with Crippen molar-refractivity contribution in [3.8, 4) is 0 Å². The summed E-state index contributed by atoms with van der Waals surface area (Å²) < 4.78 is 3.69. The van der Waals surface area contributed by atoms with Crippen molar-refractivity contribution in [1.82, 2.24) is 4.57 Å². The van der Waals surface area contributed by atoms with Gasteiger partial charge in [-0.1, -0.05) is 26.3 Å². The lowest BCUT2D eigenvalue weighted by Gasteiger charge is -2.06. The van der Waals surface area contributed by atoms with E-state index in [1.54, 1.807) is 4.57 Å². The first-order chi connectivity index (χ1) is 8.07. The summed E-state index contributed by atoms with van der Waals surface area (Å²) in [5, 5.41) is 10.8. The largest absolute Gasteiger partial charge is 0.545 e. The molecule has 0 amide bonds. The molecule has 1 aromatic rings. The maximum atomic E-state index is 10.8. The third-order valence-electron chi connectivity index (χ3n) is 2.85. The summed E-state index contributed by atoms with van der Waals surface area (Å²) in [6.45, 7) is 6.55. The molecule has 1 heterocycles. The summed E-state index contributed by atoms with van der Waals surface area (Å²) in [7, 11) is 1.81. The highest BCUT2D eigenvalue weighted by molar-refractivity contribution is 6.11. The Hall–Kier alpha value is -1.58. The van der Waals surface area contributed by atoms with E-state index in [4.69, 9.17) is 0 Å². The third kappa shape index (κ3) is 3.44. The number of carbonyl (C=O) groups excluding carboxylic acids is 1. The lowest BCUT2D eigenvalue weighted by atomic mass is 10.2. The highest BCUT2D eigenvalue weighted by Crippen LogP contribution is 2.07. The molecular weight excluding hydrogens is 216 g/mol. The number of hydrogen-bond acceptors (Lipinski definition) is 2. The SMILES string of the molecule is C=C(C(=O)[O-])c1n(C)cc[n+]1CCCCCC. The molecule has 0 fully saturated rings. The summed E-state index contributed by atoms with van der Waals surface area (Å²) in [6.07, 6.45) is 8.34. The van der Waals surface area contributed by atoms with Gasteiger partial charge in [0.1, 0.15) is 12.4 Å². The Morgan fingerprint density at radius 1 is 1.47 bits per heavy atom. The zero-order chi connectivity index (χ0) is 12.8. The van der Waals surface area contributed by atoms with E-state index in [-0.39, 0.29) is 5.57 Å². The number of imidazole rings is 1. The summed E-state index contributed by atoms with van der Waals surface area (Å²) in [4.78, 5) is 10.8. The molecule has 94 valence electrons. The Bertz CT molecular complexity index is 408. The van der Waals surface area contributed by atoms with Crippen molar-refractivity contribution in [2.24, 2.45) is 7.05 Å². The number of aliphatic carboxylic acids is 1. The summed E-state index contributed by atoms with van der Waals surface area (Å²) in [5.41, 5.74) is 0.0352. The van der Waals surface area contributed by atoms with Crippen molar-refractivity contribution >= 4 is 11.5 Å². The predicted molar refractivity (Wildman–Crippen MR) is 63.8 cm³/mol. The van der Waals surface area contributed by atoms with E-state index >= 15 is 0 Å². The maximum Gasteiger partial charge on any atom is 0.289 e. The van der Waals surface area contributed by atoms with E-state index in [0.717, 1.165) is 19.4 Å². The molecule has 0 spiro atoms. The Labute approximate surface area is 102 Å². The lowest BCUT2D eigenvalue weighted by Crippen LogP contribution is -2.39. The Morgan fingerprint density at radius 2 is 2.18 bits per heavy atom. The van der Waals surface area contributed by atoms with E-state index in [2.05, 4.69) is 13.5 Å². The first kappa shape index (κ1) is 13.5. The van der Waals surface area contributed by atoms with Crippen LogP contribution < -0.4 is 9.67 Å². The minimum atomic E-state index is -1.21. The summed E-state index contributed by atoms with van der Waals surface area (Å²) >= 11 is 0. The molecule has 0 aliphatic heterocycles. The molecule has 0 radical (unpaired) electrons. The molecule has 4 heteroatoms. The van der Waals surface area contributed by atoms with Crippen LogP contribution in [-0.2, 0) is 18.4 Å². The van der Waals surface area contributed by atoms with Gasteiger partial charge < -0.3 is 9.90 Å². The number of aryl methyl sites for hydroxylation is 2. The number of aromatic nitrogens is 2. The van der Waals surface area contributed by atoms with Crippen molar-refractivity contribution in [1.29, 1.82) is 0 Å². The average molecular weight is 236 g/mol. The van der Waals surface area contributed by atoms with Gasteiger partial charge in [0.2, 0.25) is 0 Å². The maximum absolute atomic E-state index is 10.8. The Morgan fingerprint density at radius 3 is 2.76 bits per heavy atom. The molecule has 0 unspecified atom stereocenters. The second-order valence-corrected chi connectivity index (χ2v) is 4.25. The molecule has 0 saturated carbocycles. The molecule has 1 rings (SSSR count). The van der Waals surface area contributed by atoms with Crippen molar-refractivity contribution < 1.29 is 14.5 Å². The van der Waals surface area contributed by atoms with Crippen molar-refractivity contribution in [2.75, 3.05) is 0 Å². The second kappa shape index (κ2) is 6.23. The van der Waals surface area contributed by atoms with E-state index in [1.807, 2.05) is 24.0 Å². The number of rotatable bonds is 7. The van der Waals surface area contributed by atoms with Crippen LogP contribution in [0.1, 0.15) is 38.4 Å². The molecular formula is C13H20N2O2. The van der Waals surface area contributed by atoms with Gasteiger partial charge in [0.15, 0.2) is 0 Å². The number of unbranched alkanes of at least 4 members (excludes halogenated alkanes) is 3. The first-order valence-electron chi connectivity index (χ1n) is 6.03. The van der Waals surface area contributed by atoms with Gasteiger partial charge in [0.05, 0.1) is 25.1 Å². The smallest absolute Gasteiger partial charge is 0.289 e. The van der Waals surface area contributed by atoms with E-state index < -0.39 is 5.97 Å². The molecule has 0 N–H and O–H groups in total. The topological polar surface area (TPSA) is 48.9 Å². The molecule has 0 bridgehead atoms. The molecule has 0 saturated heterocycles. The van der Waals surface area contributed by atoms with Gasteiger partial charge in [-0.15, -0.1) is 0 Å². The van der Waals surface area contributed by atoms with Crippen LogP contribution >= 0.6 is 0 Å². The minimum absolute atomic E-state index is 0.0352. The molecule has 4 nitrogen and oxygen atoms in total. The van der Waals surface area contributed by atoms with E-state index in [0.29, 0.717) is 5.82 Å². The fourth-order valence-corrected chi connectivity index (χ4v) is 1.89. The number of hydrogen-bond donors (Lipinski definition) is 0. The zero-order valence-corrected chi connectivity index (χ0v) is 10.6. The van der Waals surface area contributed by atoms with Gasteiger partial charge in [-0.2, -0.15) is 0 Å². The molecule has 0 atom stereocenters. The normalized spacial score (nSPS) is 10.5. The fraction of sp³-hybridized carbons (Fsp3) is 0.538. The molecule has 17 heavy (non-hydrogen) atoms. The third-order valence-corrected chi connectivity index (χ3v) is 2.85. The van der Waals surface area contributed by atoms with Gasteiger partial charge in [-0.05, 0) is 12.8 Å². The Kier molecular flexibility index (Phi) is 4.94. The van der Waals surface area contributed by atoms with Crippen LogP contribution in [0.15, 0.2) is 19.0 Å². The van der Waals surface area contributed by atoms with Gasteiger partial charge >= 0.3 is 0 Å². The fourth-order valence-electron chi connectivity index (χ4n) is 1.89. The van der Waals surface area contributed by atoms with Crippen LogP contribution in [0.4, 0.5) is 0 Å².